The molecule has 104 valence electrons. The van der Waals surface area contributed by atoms with Gasteiger partial charge in [-0.05, 0) is 30.8 Å². The number of phenolic OH excluding ortho intramolecular Hbond substituents is 1. The fraction of sp³-hybridized carbons (Fsp3) is 0.188. The van der Waals surface area contributed by atoms with Gasteiger partial charge in [0, 0.05) is 6.54 Å². The van der Waals surface area contributed by atoms with Gasteiger partial charge in [0.05, 0.1) is 12.1 Å². The van der Waals surface area contributed by atoms with Crippen LogP contribution in [-0.2, 0) is 6.54 Å². The van der Waals surface area contributed by atoms with E-state index in [1.54, 1.807) is 7.05 Å². The first kappa shape index (κ1) is 14.2. The number of nitrogens with zero attached hydrogens (tertiary/aromatic N) is 1. The van der Waals surface area contributed by atoms with Crippen molar-refractivity contribution in [1.29, 1.82) is 0 Å². The second-order valence-corrected chi connectivity index (χ2v) is 4.74. The number of carbonyl (C=O) groups excluding carboxylic acids is 1. The molecule has 0 aromatic heterocycles. The van der Waals surface area contributed by atoms with E-state index in [1.807, 2.05) is 35.2 Å². The number of ketones is 1. The lowest BCUT2D eigenvalue weighted by atomic mass is 10.1. The molecule has 0 unspecified atom stereocenters. The summed E-state index contributed by atoms with van der Waals surface area (Å²) in [5.41, 5.74) is 1.11. The smallest absolute Gasteiger partial charge is 0.180 e. The van der Waals surface area contributed by atoms with E-state index in [2.05, 4.69) is 0 Å². The average Bonchev–Trinajstić information content (AvgIpc) is 2.42. The number of Topliss-reactive ketones (excluding diaryl/α,β-unsaturated/α-hetero) is 1. The summed E-state index contributed by atoms with van der Waals surface area (Å²) < 4.78 is 13.1. The molecule has 2 aromatic carbocycles. The van der Waals surface area contributed by atoms with Crippen LogP contribution >= 0.6 is 0 Å². The highest BCUT2D eigenvalue weighted by atomic mass is 19.1. The molecule has 0 saturated carbocycles. The number of phenols is 1. The van der Waals surface area contributed by atoms with Gasteiger partial charge >= 0.3 is 0 Å². The van der Waals surface area contributed by atoms with Crippen LogP contribution in [0.25, 0.3) is 0 Å². The van der Waals surface area contributed by atoms with Gasteiger partial charge in [-0.15, -0.1) is 0 Å². The Hall–Kier alpha value is -2.20. The van der Waals surface area contributed by atoms with Crippen LogP contribution in [0, 0.1) is 5.82 Å². The van der Waals surface area contributed by atoms with Crippen LogP contribution in [0.1, 0.15) is 15.9 Å². The zero-order chi connectivity index (χ0) is 14.5. The lowest BCUT2D eigenvalue weighted by molar-refractivity contribution is 0.0940. The quantitative estimate of drug-likeness (QED) is 0.852. The number of hydrogen-bond donors (Lipinski definition) is 1. The molecule has 20 heavy (non-hydrogen) atoms. The minimum Gasteiger partial charge on any atom is -0.507 e. The summed E-state index contributed by atoms with van der Waals surface area (Å²) in [5, 5.41) is 9.60. The number of carbonyl (C=O) groups is 1. The Morgan fingerprint density at radius 3 is 2.60 bits per heavy atom. The highest BCUT2D eigenvalue weighted by molar-refractivity contribution is 5.99. The minimum atomic E-state index is -0.531. The number of rotatable bonds is 5. The maximum absolute atomic E-state index is 13.1. The molecule has 3 nitrogen and oxygen atoms in total. The van der Waals surface area contributed by atoms with Crippen molar-refractivity contribution in [2.75, 3.05) is 13.6 Å². The molecule has 0 heterocycles. The first-order chi connectivity index (χ1) is 9.56. The number of aromatic hydroxyl groups is 1. The van der Waals surface area contributed by atoms with Crippen LogP contribution in [0.15, 0.2) is 48.5 Å². The van der Waals surface area contributed by atoms with Crippen molar-refractivity contribution in [2.45, 2.75) is 6.54 Å². The van der Waals surface area contributed by atoms with E-state index in [9.17, 15) is 14.3 Å². The molecular formula is C16H16FNO2. The molecule has 1 N–H and O–H groups in total. The molecule has 0 atom stereocenters. The van der Waals surface area contributed by atoms with Gasteiger partial charge in [0.15, 0.2) is 5.78 Å². The van der Waals surface area contributed by atoms with Gasteiger partial charge in [-0.1, -0.05) is 30.3 Å². The largest absolute Gasteiger partial charge is 0.507 e. The van der Waals surface area contributed by atoms with Gasteiger partial charge in [-0.3, -0.25) is 9.69 Å². The third kappa shape index (κ3) is 3.65. The SMILES string of the molecule is CN(CC(=O)c1cc(F)ccc1O)Cc1ccccc1. The molecule has 0 radical (unpaired) electrons. The molecule has 0 amide bonds. The number of halogens is 1. The molecular weight excluding hydrogens is 257 g/mol. The van der Waals surface area contributed by atoms with Crippen LogP contribution in [-0.4, -0.2) is 29.4 Å². The summed E-state index contributed by atoms with van der Waals surface area (Å²) >= 11 is 0. The molecule has 4 heteroatoms. The van der Waals surface area contributed by atoms with Crippen LogP contribution in [0.5, 0.6) is 5.75 Å². The van der Waals surface area contributed by atoms with Gasteiger partial charge < -0.3 is 5.11 Å². The van der Waals surface area contributed by atoms with Gasteiger partial charge in [-0.25, -0.2) is 4.39 Å². The van der Waals surface area contributed by atoms with E-state index in [0.29, 0.717) is 6.54 Å². The Morgan fingerprint density at radius 2 is 1.90 bits per heavy atom. The predicted molar refractivity (Wildman–Crippen MR) is 75.2 cm³/mol. The van der Waals surface area contributed by atoms with E-state index in [0.717, 1.165) is 17.7 Å². The Labute approximate surface area is 117 Å². The first-order valence-corrected chi connectivity index (χ1v) is 6.30. The van der Waals surface area contributed by atoms with Gasteiger partial charge in [0.1, 0.15) is 11.6 Å². The van der Waals surface area contributed by atoms with E-state index < -0.39 is 5.82 Å². The van der Waals surface area contributed by atoms with Crippen molar-refractivity contribution < 1.29 is 14.3 Å². The second kappa shape index (κ2) is 6.30. The normalized spacial score (nSPS) is 10.8. The molecule has 0 fully saturated rings. The van der Waals surface area contributed by atoms with Crippen LogP contribution in [0.2, 0.25) is 0 Å². The van der Waals surface area contributed by atoms with Crippen molar-refractivity contribution >= 4 is 5.78 Å². The summed E-state index contributed by atoms with van der Waals surface area (Å²) in [5.74, 6) is -1.03. The summed E-state index contributed by atoms with van der Waals surface area (Å²) in [6.07, 6.45) is 0. The van der Waals surface area contributed by atoms with E-state index in [-0.39, 0.29) is 23.6 Å². The molecule has 2 aromatic rings. The predicted octanol–water partition coefficient (Wildman–Crippen LogP) is 2.85. The van der Waals surface area contributed by atoms with Crippen molar-refractivity contribution in [3.05, 3.63) is 65.5 Å². The molecule has 0 aliphatic rings. The molecule has 2 rings (SSSR count). The Kier molecular flexibility index (Phi) is 4.48. The van der Waals surface area contributed by atoms with Gasteiger partial charge in [0.25, 0.3) is 0 Å². The van der Waals surface area contributed by atoms with E-state index in [4.69, 9.17) is 0 Å². The van der Waals surface area contributed by atoms with Gasteiger partial charge in [-0.2, -0.15) is 0 Å². The zero-order valence-corrected chi connectivity index (χ0v) is 11.2. The summed E-state index contributed by atoms with van der Waals surface area (Å²) in [4.78, 5) is 13.9. The summed E-state index contributed by atoms with van der Waals surface area (Å²) in [6, 6.07) is 13.1. The number of likely N-dealkylation sites (N-methyl/N-ethyl adjacent to an activating group) is 1. The van der Waals surface area contributed by atoms with Crippen LogP contribution in [0.4, 0.5) is 4.39 Å². The second-order valence-electron chi connectivity index (χ2n) is 4.74. The number of benzene rings is 2. The topological polar surface area (TPSA) is 40.5 Å². The summed E-state index contributed by atoms with van der Waals surface area (Å²) in [6.45, 7) is 0.731. The third-order valence-corrected chi connectivity index (χ3v) is 2.97. The maximum atomic E-state index is 13.1. The molecule has 0 aliphatic carbocycles. The Morgan fingerprint density at radius 1 is 1.20 bits per heavy atom. The van der Waals surface area contributed by atoms with Gasteiger partial charge in [0.2, 0.25) is 0 Å². The first-order valence-electron chi connectivity index (χ1n) is 6.30. The summed E-state index contributed by atoms with van der Waals surface area (Å²) in [7, 11) is 1.81. The van der Waals surface area contributed by atoms with Crippen molar-refractivity contribution in [3.63, 3.8) is 0 Å². The highest BCUT2D eigenvalue weighted by Crippen LogP contribution is 2.18. The van der Waals surface area contributed by atoms with Crippen molar-refractivity contribution in [2.24, 2.45) is 0 Å². The maximum Gasteiger partial charge on any atom is 0.180 e. The zero-order valence-electron chi connectivity index (χ0n) is 11.2. The fourth-order valence-electron chi connectivity index (χ4n) is 2.01. The Bertz CT molecular complexity index is 599. The van der Waals surface area contributed by atoms with Crippen LogP contribution < -0.4 is 0 Å². The fourth-order valence-corrected chi connectivity index (χ4v) is 2.01. The molecule has 0 saturated heterocycles. The van der Waals surface area contributed by atoms with E-state index in [1.165, 1.54) is 6.07 Å². The minimum absolute atomic E-state index is 0.0184. The molecule has 0 aliphatic heterocycles. The molecule has 0 spiro atoms. The molecule has 0 bridgehead atoms. The monoisotopic (exact) mass is 273 g/mol. The van der Waals surface area contributed by atoms with E-state index >= 15 is 0 Å². The standard InChI is InChI=1S/C16H16FNO2/c1-18(10-12-5-3-2-4-6-12)11-16(20)14-9-13(17)7-8-15(14)19/h2-9,19H,10-11H2,1H3. The lowest BCUT2D eigenvalue weighted by Gasteiger charge is -2.16. The highest BCUT2D eigenvalue weighted by Gasteiger charge is 2.14. The number of hydrogen-bond acceptors (Lipinski definition) is 3. The third-order valence-electron chi connectivity index (χ3n) is 2.97. The van der Waals surface area contributed by atoms with Crippen molar-refractivity contribution in [1.82, 2.24) is 4.90 Å². The lowest BCUT2D eigenvalue weighted by Crippen LogP contribution is -2.25. The average molecular weight is 273 g/mol. The van der Waals surface area contributed by atoms with Crippen molar-refractivity contribution in [3.8, 4) is 5.75 Å². The van der Waals surface area contributed by atoms with Crippen LogP contribution in [0.3, 0.4) is 0 Å². The Balaban J connectivity index is 2.02.